The number of benzene rings is 1. The van der Waals surface area contributed by atoms with Gasteiger partial charge in [0, 0.05) is 32.3 Å². The second-order valence-corrected chi connectivity index (χ2v) is 6.32. The number of nitro benzene ring substituents is 1. The predicted octanol–water partition coefficient (Wildman–Crippen LogP) is 1.14. The zero-order valence-electron chi connectivity index (χ0n) is 10.7. The largest absolute Gasteiger partial charge is 0.380 e. The predicted molar refractivity (Wildman–Crippen MR) is 67.2 cm³/mol. The molecule has 1 aliphatic rings. The number of halogens is 1. The minimum Gasteiger partial charge on any atom is -0.380 e. The number of hydrogen-bond acceptors (Lipinski definition) is 5. The Morgan fingerprint density at radius 1 is 1.50 bits per heavy atom. The Kier molecular flexibility index (Phi) is 4.02. The van der Waals surface area contributed by atoms with Crippen molar-refractivity contribution in [2.24, 2.45) is 0 Å². The molecule has 0 aliphatic carbocycles. The quantitative estimate of drug-likeness (QED) is 0.614. The molecular formula is C11H13FN2O5S. The Morgan fingerprint density at radius 2 is 2.20 bits per heavy atom. The summed E-state index contributed by atoms with van der Waals surface area (Å²) in [6.07, 6.45) is 0.373. The van der Waals surface area contributed by atoms with E-state index in [-0.39, 0.29) is 24.1 Å². The molecule has 1 fully saturated rings. The van der Waals surface area contributed by atoms with Gasteiger partial charge in [-0.2, -0.15) is 8.70 Å². The van der Waals surface area contributed by atoms with Gasteiger partial charge in [-0.25, -0.2) is 8.42 Å². The maximum atomic E-state index is 13.5. The van der Waals surface area contributed by atoms with Crippen molar-refractivity contribution in [3.63, 3.8) is 0 Å². The van der Waals surface area contributed by atoms with Crippen molar-refractivity contribution < 1.29 is 22.5 Å². The molecule has 0 spiro atoms. The first-order valence-electron chi connectivity index (χ1n) is 5.83. The minimum absolute atomic E-state index is 0.187. The van der Waals surface area contributed by atoms with Crippen molar-refractivity contribution in [1.82, 2.24) is 4.31 Å². The van der Waals surface area contributed by atoms with E-state index in [9.17, 15) is 22.9 Å². The summed E-state index contributed by atoms with van der Waals surface area (Å²) in [5.74, 6) is -1.17. The highest BCUT2D eigenvalue weighted by Gasteiger charge is 2.33. The van der Waals surface area contributed by atoms with Gasteiger partial charge in [-0.3, -0.25) is 10.1 Å². The summed E-state index contributed by atoms with van der Waals surface area (Å²) in [6.45, 7) is 0.469. The van der Waals surface area contributed by atoms with E-state index in [1.54, 1.807) is 0 Å². The highest BCUT2D eigenvalue weighted by atomic mass is 32.2. The molecule has 1 aromatic carbocycles. The Labute approximate surface area is 115 Å². The van der Waals surface area contributed by atoms with Gasteiger partial charge in [-0.1, -0.05) is 0 Å². The van der Waals surface area contributed by atoms with E-state index in [4.69, 9.17) is 4.74 Å². The Balaban J connectivity index is 2.31. The maximum absolute atomic E-state index is 13.5. The van der Waals surface area contributed by atoms with Crippen LogP contribution in [-0.4, -0.2) is 43.9 Å². The van der Waals surface area contributed by atoms with Gasteiger partial charge < -0.3 is 4.74 Å². The molecule has 7 nitrogen and oxygen atoms in total. The number of hydrogen-bond donors (Lipinski definition) is 0. The van der Waals surface area contributed by atoms with Gasteiger partial charge in [-0.15, -0.1) is 0 Å². The van der Waals surface area contributed by atoms with E-state index < -0.39 is 26.5 Å². The van der Waals surface area contributed by atoms with Crippen LogP contribution >= 0.6 is 0 Å². The fraction of sp³-hybridized carbons (Fsp3) is 0.455. The number of methoxy groups -OCH3 is 1. The van der Waals surface area contributed by atoms with E-state index in [1.807, 2.05) is 0 Å². The Bertz CT molecular complexity index is 634. The van der Waals surface area contributed by atoms with E-state index in [0.29, 0.717) is 12.5 Å². The molecule has 1 aromatic rings. The molecular weight excluding hydrogens is 291 g/mol. The summed E-state index contributed by atoms with van der Waals surface area (Å²) in [4.78, 5) is 9.32. The number of sulfonamides is 1. The van der Waals surface area contributed by atoms with Gasteiger partial charge in [0.25, 0.3) is 0 Å². The zero-order valence-corrected chi connectivity index (χ0v) is 11.5. The summed E-state index contributed by atoms with van der Waals surface area (Å²) >= 11 is 0. The van der Waals surface area contributed by atoms with Crippen LogP contribution in [-0.2, 0) is 14.8 Å². The molecule has 1 heterocycles. The highest BCUT2D eigenvalue weighted by molar-refractivity contribution is 7.89. The van der Waals surface area contributed by atoms with Crippen molar-refractivity contribution in [3.8, 4) is 0 Å². The SMILES string of the molecule is COC1CCN(S(=O)(=O)c2ccc([N+](=O)[O-])c(F)c2)C1. The van der Waals surface area contributed by atoms with Crippen molar-refractivity contribution in [2.75, 3.05) is 20.2 Å². The second kappa shape index (κ2) is 5.43. The number of ether oxygens (including phenoxy) is 1. The molecule has 0 bridgehead atoms. The fourth-order valence-corrected chi connectivity index (χ4v) is 3.55. The van der Waals surface area contributed by atoms with Crippen LogP contribution in [0.2, 0.25) is 0 Å². The topological polar surface area (TPSA) is 89.8 Å². The number of nitro groups is 1. The number of rotatable bonds is 4. The molecule has 0 amide bonds. The Hall–Kier alpha value is -1.58. The average Bonchev–Trinajstić information content (AvgIpc) is 2.87. The van der Waals surface area contributed by atoms with Gasteiger partial charge in [0.15, 0.2) is 0 Å². The summed E-state index contributed by atoms with van der Waals surface area (Å²) in [5, 5.41) is 10.5. The van der Waals surface area contributed by atoms with Crippen LogP contribution in [0, 0.1) is 15.9 Å². The monoisotopic (exact) mass is 304 g/mol. The van der Waals surface area contributed by atoms with Gasteiger partial charge in [0.05, 0.1) is 15.9 Å². The van der Waals surface area contributed by atoms with Gasteiger partial charge in [-0.05, 0) is 12.5 Å². The molecule has 2 rings (SSSR count). The summed E-state index contributed by atoms with van der Waals surface area (Å²) in [5.41, 5.74) is -0.750. The molecule has 0 saturated carbocycles. The first-order chi connectivity index (χ1) is 9.36. The molecule has 9 heteroatoms. The maximum Gasteiger partial charge on any atom is 0.304 e. The van der Waals surface area contributed by atoms with Crippen molar-refractivity contribution >= 4 is 15.7 Å². The van der Waals surface area contributed by atoms with Gasteiger partial charge >= 0.3 is 5.69 Å². The summed E-state index contributed by atoms with van der Waals surface area (Å²) < 4.78 is 44.3. The molecule has 1 atom stereocenters. The van der Waals surface area contributed by atoms with Crippen molar-refractivity contribution in [3.05, 3.63) is 34.1 Å². The van der Waals surface area contributed by atoms with Gasteiger partial charge in [0.1, 0.15) is 0 Å². The smallest absolute Gasteiger partial charge is 0.304 e. The lowest BCUT2D eigenvalue weighted by Gasteiger charge is -2.16. The summed E-state index contributed by atoms with van der Waals surface area (Å²) in [6, 6.07) is 2.57. The lowest BCUT2D eigenvalue weighted by Crippen LogP contribution is -2.30. The standard InChI is InChI=1S/C11H13FN2O5S/c1-19-8-4-5-13(7-8)20(17,18)9-2-3-11(14(15)16)10(12)6-9/h2-3,6,8H,4-5,7H2,1H3. The molecule has 1 aliphatic heterocycles. The molecule has 20 heavy (non-hydrogen) atoms. The molecule has 0 radical (unpaired) electrons. The van der Waals surface area contributed by atoms with Crippen molar-refractivity contribution in [1.29, 1.82) is 0 Å². The lowest BCUT2D eigenvalue weighted by molar-refractivity contribution is -0.387. The van der Waals surface area contributed by atoms with Crippen LogP contribution in [0.5, 0.6) is 0 Å². The Morgan fingerprint density at radius 3 is 2.70 bits per heavy atom. The number of nitrogens with zero attached hydrogens (tertiary/aromatic N) is 2. The van der Waals surface area contributed by atoms with Crippen LogP contribution in [0.1, 0.15) is 6.42 Å². The normalized spacial score (nSPS) is 20.2. The molecule has 1 saturated heterocycles. The lowest BCUT2D eigenvalue weighted by atomic mass is 10.3. The summed E-state index contributed by atoms with van der Waals surface area (Å²) in [7, 11) is -2.36. The third-order valence-corrected chi connectivity index (χ3v) is 5.06. The molecule has 0 N–H and O–H groups in total. The fourth-order valence-electron chi connectivity index (χ4n) is 2.05. The van der Waals surface area contributed by atoms with Crippen LogP contribution in [0.4, 0.5) is 10.1 Å². The van der Waals surface area contributed by atoms with Gasteiger partial charge in [0.2, 0.25) is 15.8 Å². The third kappa shape index (κ3) is 2.65. The van der Waals surface area contributed by atoms with Crippen LogP contribution in [0.25, 0.3) is 0 Å². The minimum atomic E-state index is -3.86. The van der Waals surface area contributed by atoms with Crippen molar-refractivity contribution in [2.45, 2.75) is 17.4 Å². The van der Waals surface area contributed by atoms with E-state index >= 15 is 0 Å². The van der Waals surface area contributed by atoms with Crippen LogP contribution in [0.3, 0.4) is 0 Å². The van der Waals surface area contributed by atoms with Crippen LogP contribution < -0.4 is 0 Å². The molecule has 0 aromatic heterocycles. The first-order valence-corrected chi connectivity index (χ1v) is 7.27. The van der Waals surface area contributed by atoms with E-state index in [2.05, 4.69) is 0 Å². The van der Waals surface area contributed by atoms with E-state index in [0.717, 1.165) is 12.1 Å². The van der Waals surface area contributed by atoms with E-state index in [1.165, 1.54) is 11.4 Å². The molecule has 1 unspecified atom stereocenters. The second-order valence-electron chi connectivity index (χ2n) is 4.38. The highest BCUT2D eigenvalue weighted by Crippen LogP contribution is 2.26. The third-order valence-electron chi connectivity index (χ3n) is 3.19. The first kappa shape index (κ1) is 14.8. The van der Waals surface area contributed by atoms with Crippen LogP contribution in [0.15, 0.2) is 23.1 Å². The molecule has 110 valence electrons. The average molecular weight is 304 g/mol. The zero-order chi connectivity index (χ0) is 14.9.